The van der Waals surface area contributed by atoms with Crippen molar-refractivity contribution < 1.29 is 18.7 Å². The number of rotatable bonds is 5. The monoisotopic (exact) mass is 480 g/mol. The largest absolute Gasteiger partial charge is 0.479 e. The maximum Gasteiger partial charge on any atom is 0.320 e. The highest BCUT2D eigenvalue weighted by Gasteiger charge is 2.29. The van der Waals surface area contributed by atoms with E-state index >= 15 is 0 Å². The summed E-state index contributed by atoms with van der Waals surface area (Å²) >= 11 is 0. The number of halogens is 1. The van der Waals surface area contributed by atoms with Gasteiger partial charge in [-0.3, -0.25) is 4.98 Å². The molecule has 9 nitrogen and oxygen atoms in total. The van der Waals surface area contributed by atoms with E-state index in [1.165, 1.54) is 13.2 Å². The van der Waals surface area contributed by atoms with Gasteiger partial charge in [0.1, 0.15) is 0 Å². The van der Waals surface area contributed by atoms with Crippen molar-refractivity contribution in [3.8, 4) is 22.8 Å². The van der Waals surface area contributed by atoms with Crippen LogP contribution in [0.3, 0.4) is 0 Å². The first-order valence-corrected chi connectivity index (χ1v) is 11.8. The van der Waals surface area contributed by atoms with Gasteiger partial charge in [0, 0.05) is 49.9 Å². The van der Waals surface area contributed by atoms with E-state index in [4.69, 9.17) is 14.6 Å². The van der Waals surface area contributed by atoms with Gasteiger partial charge in [-0.05, 0) is 31.9 Å². The number of pyridine rings is 2. The average Bonchev–Trinajstić information content (AvgIpc) is 3.06. The summed E-state index contributed by atoms with van der Waals surface area (Å²) in [7, 11) is 3.21. The van der Waals surface area contributed by atoms with Crippen LogP contribution in [0.5, 0.6) is 5.88 Å². The lowest BCUT2D eigenvalue weighted by Crippen LogP contribution is -2.48. The highest BCUT2D eigenvalue weighted by Crippen LogP contribution is 2.32. The molecule has 0 aliphatic carbocycles. The fraction of sp³-hybridized carbons (Fsp3) is 0.440. The molecule has 1 saturated heterocycles. The Labute approximate surface area is 203 Å². The highest BCUT2D eigenvalue weighted by molar-refractivity contribution is 5.75. The SMILES string of the molecule is COc1ncc(-n2nc(-c3ccnc(C(C)N4CCCN(C)C4=O)c3)c3c2CCOCC3)cc1F. The maximum absolute atomic E-state index is 14.5. The van der Waals surface area contributed by atoms with Gasteiger partial charge < -0.3 is 19.3 Å². The Hall–Kier alpha value is -3.53. The van der Waals surface area contributed by atoms with Gasteiger partial charge in [-0.25, -0.2) is 18.9 Å². The summed E-state index contributed by atoms with van der Waals surface area (Å²) in [6, 6.07) is 5.14. The second-order valence-corrected chi connectivity index (χ2v) is 8.88. The zero-order valence-electron chi connectivity index (χ0n) is 20.2. The smallest absolute Gasteiger partial charge is 0.320 e. The molecule has 1 atom stereocenters. The van der Waals surface area contributed by atoms with Gasteiger partial charge in [-0.15, -0.1) is 0 Å². The molecule has 0 N–H and O–H groups in total. The minimum atomic E-state index is -0.545. The Morgan fingerprint density at radius 1 is 1.17 bits per heavy atom. The fourth-order valence-electron chi connectivity index (χ4n) is 4.81. The molecule has 0 saturated carbocycles. The third kappa shape index (κ3) is 4.34. The molecule has 2 aliphatic heterocycles. The molecule has 0 bridgehead atoms. The number of carbonyl (C=O) groups excluding carboxylic acids is 1. The Morgan fingerprint density at radius 3 is 2.80 bits per heavy atom. The van der Waals surface area contributed by atoms with Crippen LogP contribution in [0.4, 0.5) is 9.18 Å². The quantitative estimate of drug-likeness (QED) is 0.556. The molecule has 2 aliphatic rings. The van der Waals surface area contributed by atoms with E-state index in [0.717, 1.165) is 41.2 Å². The number of hydrogen-bond acceptors (Lipinski definition) is 6. The van der Waals surface area contributed by atoms with Gasteiger partial charge in [0.25, 0.3) is 0 Å². The van der Waals surface area contributed by atoms with Crippen LogP contribution < -0.4 is 4.74 Å². The molecule has 5 rings (SSSR count). The predicted octanol–water partition coefficient (Wildman–Crippen LogP) is 3.41. The van der Waals surface area contributed by atoms with E-state index in [-0.39, 0.29) is 18.0 Å². The van der Waals surface area contributed by atoms with Gasteiger partial charge in [-0.1, -0.05) is 0 Å². The molecule has 0 spiro atoms. The van der Waals surface area contributed by atoms with Crippen LogP contribution in [-0.2, 0) is 17.6 Å². The van der Waals surface area contributed by atoms with E-state index < -0.39 is 5.82 Å². The molecule has 10 heteroatoms. The Bertz CT molecular complexity index is 1250. The zero-order chi connectivity index (χ0) is 24.5. The number of methoxy groups -OCH3 is 1. The number of amides is 2. The Morgan fingerprint density at radius 2 is 2.00 bits per heavy atom. The Kier molecular flexibility index (Phi) is 6.38. The van der Waals surface area contributed by atoms with Crippen LogP contribution >= 0.6 is 0 Å². The summed E-state index contributed by atoms with van der Waals surface area (Å²) in [6.07, 6.45) is 5.59. The van der Waals surface area contributed by atoms with Crippen LogP contribution in [0.2, 0.25) is 0 Å². The van der Waals surface area contributed by atoms with Crippen molar-refractivity contribution in [2.24, 2.45) is 0 Å². The van der Waals surface area contributed by atoms with Crippen molar-refractivity contribution in [3.05, 3.63) is 53.4 Å². The second-order valence-electron chi connectivity index (χ2n) is 8.88. The molecule has 0 radical (unpaired) electrons. The van der Waals surface area contributed by atoms with Gasteiger partial charge >= 0.3 is 6.03 Å². The first kappa shape index (κ1) is 23.2. The Balaban J connectivity index is 1.55. The molecular formula is C25H29FN6O3. The van der Waals surface area contributed by atoms with Crippen LogP contribution in [0.1, 0.15) is 36.3 Å². The lowest BCUT2D eigenvalue weighted by Gasteiger charge is -2.37. The number of carbonyl (C=O) groups is 1. The normalized spacial score (nSPS) is 17.2. The summed E-state index contributed by atoms with van der Waals surface area (Å²) in [6.45, 7) is 4.62. The molecular weight excluding hydrogens is 451 g/mol. The number of fused-ring (bicyclic) bond motifs is 1. The van der Waals surface area contributed by atoms with Crippen molar-refractivity contribution in [2.45, 2.75) is 32.2 Å². The first-order chi connectivity index (χ1) is 17.0. The topological polar surface area (TPSA) is 85.6 Å². The van der Waals surface area contributed by atoms with E-state index in [2.05, 4.69) is 9.97 Å². The van der Waals surface area contributed by atoms with Gasteiger partial charge in [0.2, 0.25) is 5.88 Å². The average molecular weight is 481 g/mol. The first-order valence-electron chi connectivity index (χ1n) is 11.8. The van der Waals surface area contributed by atoms with Gasteiger partial charge in [0.05, 0.1) is 55.3 Å². The van der Waals surface area contributed by atoms with E-state index in [1.54, 1.807) is 22.0 Å². The summed E-state index contributed by atoms with van der Waals surface area (Å²) in [4.78, 5) is 25.0. The second kappa shape index (κ2) is 9.61. The van der Waals surface area contributed by atoms with E-state index in [0.29, 0.717) is 38.3 Å². The van der Waals surface area contributed by atoms with Gasteiger partial charge in [0.15, 0.2) is 5.82 Å². The number of nitrogens with zero attached hydrogens (tertiary/aromatic N) is 6. The standard InChI is InChI=1S/C25H29FN6O3/c1-16(31-10-4-9-30(2)25(31)33)21-13-17(5-8-27-21)23-19-6-11-35-12-7-22(19)32(29-23)18-14-20(26)24(34-3)28-15-18/h5,8,13-16H,4,6-7,9-12H2,1-3H3. The van der Waals surface area contributed by atoms with Crippen molar-refractivity contribution in [3.63, 3.8) is 0 Å². The predicted molar refractivity (Wildman–Crippen MR) is 127 cm³/mol. The summed E-state index contributed by atoms with van der Waals surface area (Å²) < 4.78 is 26.9. The summed E-state index contributed by atoms with van der Waals surface area (Å²) in [5, 5.41) is 4.91. The zero-order valence-corrected chi connectivity index (χ0v) is 20.2. The third-order valence-electron chi connectivity index (χ3n) is 6.72. The number of urea groups is 1. The summed E-state index contributed by atoms with van der Waals surface area (Å²) in [5.41, 5.74) is 5.08. The van der Waals surface area contributed by atoms with Crippen LogP contribution in [0.15, 0.2) is 30.6 Å². The fourth-order valence-corrected chi connectivity index (χ4v) is 4.81. The number of hydrogen-bond donors (Lipinski definition) is 0. The molecule has 184 valence electrons. The third-order valence-corrected chi connectivity index (χ3v) is 6.72. The van der Waals surface area contributed by atoms with Crippen LogP contribution in [-0.4, -0.2) is 76.0 Å². The molecule has 5 heterocycles. The lowest BCUT2D eigenvalue weighted by atomic mass is 10.0. The highest BCUT2D eigenvalue weighted by atomic mass is 19.1. The van der Waals surface area contributed by atoms with Gasteiger partial charge in [-0.2, -0.15) is 5.10 Å². The molecule has 2 amide bonds. The van der Waals surface area contributed by atoms with Crippen molar-refractivity contribution in [1.29, 1.82) is 0 Å². The lowest BCUT2D eigenvalue weighted by molar-refractivity contribution is 0.121. The molecule has 1 unspecified atom stereocenters. The number of ether oxygens (including phenoxy) is 2. The van der Waals surface area contributed by atoms with E-state index in [1.807, 2.05) is 31.0 Å². The van der Waals surface area contributed by atoms with E-state index in [9.17, 15) is 9.18 Å². The molecule has 0 aromatic carbocycles. The molecule has 3 aromatic heterocycles. The van der Waals surface area contributed by atoms with Crippen molar-refractivity contribution in [2.75, 3.05) is 40.5 Å². The minimum absolute atomic E-state index is 0.0141. The minimum Gasteiger partial charge on any atom is -0.479 e. The number of aromatic nitrogens is 4. The van der Waals surface area contributed by atoms with Crippen molar-refractivity contribution >= 4 is 6.03 Å². The molecule has 3 aromatic rings. The van der Waals surface area contributed by atoms with Crippen LogP contribution in [0, 0.1) is 5.82 Å². The molecule has 35 heavy (non-hydrogen) atoms. The van der Waals surface area contributed by atoms with Crippen molar-refractivity contribution in [1.82, 2.24) is 29.5 Å². The maximum atomic E-state index is 14.5. The van der Waals surface area contributed by atoms with Crippen LogP contribution in [0.25, 0.3) is 16.9 Å². The molecule has 1 fully saturated rings. The summed E-state index contributed by atoms with van der Waals surface area (Å²) in [5.74, 6) is -0.599.